The molecule has 0 atom stereocenters. The minimum atomic E-state index is -2.17. The summed E-state index contributed by atoms with van der Waals surface area (Å²) in [4.78, 5) is 0. The van der Waals surface area contributed by atoms with Crippen LogP contribution in [0.2, 0.25) is 0 Å². The van der Waals surface area contributed by atoms with Crippen LogP contribution in [0.15, 0.2) is 85.9 Å². The second kappa shape index (κ2) is 42.1. The molecule has 0 aliphatic heterocycles. The normalized spacial score (nSPS) is 13.2. The number of nitrogens with zero attached hydrogens (tertiary/aromatic N) is 2. The number of fused-ring (bicyclic) bond motifs is 4. The zero-order valence-corrected chi connectivity index (χ0v) is 78.8. The fourth-order valence-electron chi connectivity index (χ4n) is 16.7. The van der Waals surface area contributed by atoms with Crippen LogP contribution in [0.4, 0.5) is 90.4 Å². The molecule has 0 amide bonds. The van der Waals surface area contributed by atoms with E-state index in [9.17, 15) is 99.5 Å². The van der Waals surface area contributed by atoms with Crippen molar-refractivity contribution in [1.29, 1.82) is 0 Å². The number of benzene rings is 11. The van der Waals surface area contributed by atoms with Gasteiger partial charge in [0.1, 0.15) is 23.3 Å². The van der Waals surface area contributed by atoms with E-state index >= 15 is 0 Å². The molecule has 129 heavy (non-hydrogen) atoms. The molecule has 686 valence electrons. The summed E-state index contributed by atoms with van der Waals surface area (Å²) in [6.45, 7) is 30.6. The molecular weight excluding hydrogens is 1860 g/mol. The van der Waals surface area contributed by atoms with Crippen LogP contribution in [-0.4, -0.2) is 29.2 Å². The fourth-order valence-corrected chi connectivity index (χ4v) is 20.0. The monoisotopic (exact) mass is 1970 g/mol. The van der Waals surface area contributed by atoms with Crippen LogP contribution in [0.5, 0.6) is 23.0 Å². The number of hydrogen-bond donors (Lipinski definition) is 4. The SMILES string of the molecule is CC(C)(C)[CH]=[Mo]=[N]c1c(F)c(F)c(F)c(F)c1F.CC(C)([CH]=[Mo]=[N]c1c(F)c(F)c(F)c(F)c1F)c1ccccc1.Cc1c(F)cc2c(c1-c1c(O)c(F)cc3c1CCCC3)CCCC2.Cc1c(F)cc2c(c1-c1c(O)c(F)cc3c1CCCC3)CCCC2.Cc1cc(F)c(C)c(-c2c(C)c(C)cc(F)c2O)c1C.Cc1cc(F)c(C)c(-c2c(C)c(C)cc(F)c2O)c1C. The number of aryl methyl sites for hydroxylation is 8. The molecule has 4 aliphatic carbocycles. The summed E-state index contributed by atoms with van der Waals surface area (Å²) in [5.41, 5.74) is 19.1. The van der Waals surface area contributed by atoms with Gasteiger partial charge in [-0.05, 0) is 368 Å². The molecule has 11 aromatic carbocycles. The maximum Gasteiger partial charge on any atom is 0.165 e. The first-order valence-corrected chi connectivity index (χ1v) is 46.4. The molecule has 4 aliphatic rings. The van der Waals surface area contributed by atoms with Crippen molar-refractivity contribution in [3.63, 3.8) is 0 Å². The van der Waals surface area contributed by atoms with Gasteiger partial charge in [-0.1, -0.05) is 0 Å². The first-order chi connectivity index (χ1) is 60.6. The van der Waals surface area contributed by atoms with Gasteiger partial charge in [-0.25, -0.2) is 35.1 Å². The summed E-state index contributed by atoms with van der Waals surface area (Å²) >= 11 is -2.80. The quantitative estimate of drug-likeness (QED) is 0.0526. The molecule has 0 unspecified atom stereocenters. The third-order valence-electron chi connectivity index (χ3n) is 24.4. The summed E-state index contributed by atoms with van der Waals surface area (Å²) in [5.74, 6) is -24.9. The van der Waals surface area contributed by atoms with Crippen molar-refractivity contribution in [1.82, 2.24) is 0 Å². The van der Waals surface area contributed by atoms with Crippen LogP contribution >= 0.6 is 0 Å². The Bertz CT molecular complexity index is 5680. The van der Waals surface area contributed by atoms with E-state index < -0.39 is 146 Å². The van der Waals surface area contributed by atoms with Crippen LogP contribution < -0.4 is 0 Å². The first-order valence-electron chi connectivity index (χ1n) is 42.3. The zero-order valence-electron chi connectivity index (χ0n) is 74.8. The number of halogens is 18. The van der Waals surface area contributed by atoms with Crippen LogP contribution in [0, 0.1) is 193 Å². The molecule has 26 heteroatoms. The predicted octanol–water partition coefficient (Wildman–Crippen LogP) is 29.8. The third-order valence-corrected chi connectivity index (χ3v) is 29.5. The Hall–Kier alpha value is -9.92. The van der Waals surface area contributed by atoms with E-state index in [1.165, 1.54) is 36.4 Å². The van der Waals surface area contributed by atoms with Crippen molar-refractivity contribution in [2.45, 2.75) is 226 Å². The summed E-state index contributed by atoms with van der Waals surface area (Å²) < 4.78 is 255. The van der Waals surface area contributed by atoms with Gasteiger partial charge in [0, 0.05) is 22.3 Å². The van der Waals surface area contributed by atoms with Crippen LogP contribution in [0.1, 0.15) is 203 Å². The molecule has 0 spiro atoms. The Morgan fingerprint density at radius 2 is 0.496 bits per heavy atom. The molecule has 15 rings (SSSR count). The minimum absolute atomic E-state index is 0.212. The van der Waals surface area contributed by atoms with Gasteiger partial charge in [0.15, 0.2) is 46.3 Å². The smallest absolute Gasteiger partial charge is 0.165 e. The zero-order chi connectivity index (χ0) is 95.3. The number of aromatic hydroxyl groups is 4. The van der Waals surface area contributed by atoms with Crippen LogP contribution in [-0.2, 0) is 92.6 Å². The van der Waals surface area contributed by atoms with Gasteiger partial charge in [-0.15, -0.1) is 0 Å². The standard InChI is InChI=1S/2C21H22F2O.2C17H18F2O.C10H12.2C6F5N.C5H10.2Mo/c2*1-12-17(22)10-13-6-2-4-8-15(13)19(12)20-16-9-5-3-7-14(16)11-18(23)21(20)24;2*1-8-6-13(18)12(5)15(10(8)3)16-11(4)9(2)7-14(19)17(16)20;1-10(2,3)9-7-5-4-6-8-9;2*7-1-2(8)4(10)6(12)5(11)3(1)9;1-5(2,3)4;;/h2*10-11,24H,2-9H2,1H3;2*6-7,20H,1-5H3;1,4-8H,2-3H3;;;1H,2-4H3;;. The summed E-state index contributed by atoms with van der Waals surface area (Å²) in [6.07, 6.45) is 15.1. The van der Waals surface area contributed by atoms with Crippen molar-refractivity contribution in [3.05, 3.63) is 300 Å². The molecular formula is C103H102F18Mo2N2O4. The largest absolute Gasteiger partial charge is 0.504 e. The summed E-state index contributed by atoms with van der Waals surface area (Å²) in [7, 11) is 0. The molecule has 6 nitrogen and oxygen atoms in total. The summed E-state index contributed by atoms with van der Waals surface area (Å²) in [6, 6.07) is 21.1. The predicted molar refractivity (Wildman–Crippen MR) is 465 cm³/mol. The Kier molecular flexibility index (Phi) is 33.0. The Morgan fingerprint density at radius 1 is 0.264 bits per heavy atom. The molecule has 11 aromatic rings. The van der Waals surface area contributed by atoms with Crippen LogP contribution in [0.3, 0.4) is 0 Å². The van der Waals surface area contributed by atoms with Gasteiger partial charge in [-0.3, -0.25) is 0 Å². The molecule has 0 saturated carbocycles. The van der Waals surface area contributed by atoms with E-state index in [4.69, 9.17) is 0 Å². The number of phenols is 4. The molecule has 0 heterocycles. The number of hydrogen-bond acceptors (Lipinski definition) is 6. The Labute approximate surface area is 756 Å². The van der Waals surface area contributed by atoms with E-state index in [1.807, 2.05) is 92.6 Å². The van der Waals surface area contributed by atoms with Gasteiger partial charge >= 0.3 is 246 Å². The van der Waals surface area contributed by atoms with E-state index in [0.29, 0.717) is 55.6 Å². The van der Waals surface area contributed by atoms with E-state index in [2.05, 4.69) is 6.99 Å². The average molecular weight is 1970 g/mol. The van der Waals surface area contributed by atoms with Gasteiger partial charge in [-0.2, -0.15) is 0 Å². The van der Waals surface area contributed by atoms with Crippen molar-refractivity contribution >= 4 is 20.2 Å². The first kappa shape index (κ1) is 101. The van der Waals surface area contributed by atoms with Crippen molar-refractivity contribution in [2.75, 3.05) is 0 Å². The van der Waals surface area contributed by atoms with Crippen molar-refractivity contribution < 1.29 is 135 Å². The van der Waals surface area contributed by atoms with E-state index in [-0.39, 0.29) is 40.2 Å². The maximum atomic E-state index is 14.5. The van der Waals surface area contributed by atoms with E-state index in [1.54, 1.807) is 76.3 Å². The summed E-state index contributed by atoms with van der Waals surface area (Å²) in [5, 5.41) is 41.2. The molecule has 0 fully saturated rings. The second-order valence-corrected chi connectivity index (χ2v) is 37.9. The number of phenolic OH excluding ortho intramolecular Hbond substituents is 4. The topological polar surface area (TPSA) is 106 Å². The van der Waals surface area contributed by atoms with Gasteiger partial charge in [0.25, 0.3) is 0 Å². The van der Waals surface area contributed by atoms with Crippen LogP contribution in [0.25, 0.3) is 44.5 Å². The van der Waals surface area contributed by atoms with Gasteiger partial charge < -0.3 is 20.4 Å². The fraction of sp³-hybridized carbons (Fsp3) is 0.340. The van der Waals surface area contributed by atoms with E-state index in [0.717, 1.165) is 208 Å². The third kappa shape index (κ3) is 21.8. The van der Waals surface area contributed by atoms with Crippen molar-refractivity contribution in [3.8, 4) is 67.5 Å². The Balaban J connectivity index is 0.000000162. The number of rotatable bonds is 8. The molecule has 0 bridgehead atoms. The average Bonchev–Trinajstić information content (AvgIpc) is 0.746. The molecule has 0 aromatic heterocycles. The van der Waals surface area contributed by atoms with Gasteiger partial charge in [0.05, 0.1) is 0 Å². The molecule has 4 N–H and O–H groups in total. The molecule has 0 radical (unpaired) electrons. The van der Waals surface area contributed by atoms with Crippen molar-refractivity contribution in [2.24, 2.45) is 12.4 Å². The van der Waals surface area contributed by atoms with Gasteiger partial charge in [0.2, 0.25) is 0 Å². The minimum Gasteiger partial charge on any atom is -0.504 e. The molecule has 0 saturated heterocycles. The Morgan fingerprint density at radius 3 is 0.806 bits per heavy atom. The maximum absolute atomic E-state index is 14.5. The second-order valence-electron chi connectivity index (χ2n) is 34.8.